The van der Waals surface area contributed by atoms with Gasteiger partial charge in [-0.05, 0) is 48.5 Å². The maximum atomic E-state index is 11.7. The molecule has 0 aliphatic rings. The van der Waals surface area contributed by atoms with Crippen molar-refractivity contribution in [2.75, 3.05) is 26.2 Å². The molecule has 0 fully saturated rings. The fraction of sp³-hybridized carbons (Fsp3) is 0.421. The van der Waals surface area contributed by atoms with Gasteiger partial charge in [0.05, 0.1) is 0 Å². The van der Waals surface area contributed by atoms with Gasteiger partial charge in [-0.2, -0.15) is 0 Å². The molecule has 4 nitrogen and oxygen atoms in total. The Morgan fingerprint density at radius 1 is 1.09 bits per heavy atom. The van der Waals surface area contributed by atoms with Gasteiger partial charge in [-0.25, -0.2) is 4.79 Å². The van der Waals surface area contributed by atoms with E-state index in [-0.39, 0.29) is 6.09 Å². The Morgan fingerprint density at radius 3 is 2.57 bits per heavy atom. The largest absolute Gasteiger partial charge is 0.445 e. The van der Waals surface area contributed by atoms with Gasteiger partial charge in [0.25, 0.3) is 0 Å². The van der Waals surface area contributed by atoms with Crippen molar-refractivity contribution in [1.82, 2.24) is 10.2 Å². The minimum absolute atomic E-state index is 0.298. The highest BCUT2D eigenvalue weighted by Crippen LogP contribution is 2.16. The average Bonchev–Trinajstić information content (AvgIpc) is 2.60. The number of benzene rings is 2. The van der Waals surface area contributed by atoms with E-state index in [1.54, 1.807) is 0 Å². The van der Waals surface area contributed by atoms with Gasteiger partial charge in [-0.3, -0.25) is 0 Å². The summed E-state index contributed by atoms with van der Waals surface area (Å²) in [4.78, 5) is 14.1. The number of alkyl carbamates (subject to hydrolysis) is 1. The number of nitrogens with one attached hydrogen (secondary N) is 1. The predicted molar refractivity (Wildman–Crippen MR) is 94.5 cm³/mol. The van der Waals surface area contributed by atoms with Crippen molar-refractivity contribution in [2.24, 2.45) is 0 Å². The van der Waals surface area contributed by atoms with Gasteiger partial charge in [-0.15, -0.1) is 0 Å². The van der Waals surface area contributed by atoms with E-state index in [9.17, 15) is 4.79 Å². The second-order valence-electron chi connectivity index (χ2n) is 5.56. The quantitative estimate of drug-likeness (QED) is 0.754. The molecule has 2 aromatic carbocycles. The smallest absolute Gasteiger partial charge is 0.407 e. The first-order chi connectivity index (χ1) is 11.2. The van der Waals surface area contributed by atoms with Crippen molar-refractivity contribution in [3.63, 3.8) is 0 Å². The van der Waals surface area contributed by atoms with Crippen LogP contribution in [0.3, 0.4) is 0 Å². The molecule has 0 aliphatic carbocycles. The van der Waals surface area contributed by atoms with E-state index in [2.05, 4.69) is 48.3 Å². The summed E-state index contributed by atoms with van der Waals surface area (Å²) < 4.78 is 5.27. The van der Waals surface area contributed by atoms with Gasteiger partial charge in [0.1, 0.15) is 6.61 Å². The molecule has 0 aliphatic heterocycles. The summed E-state index contributed by atoms with van der Waals surface area (Å²) in [5.41, 5.74) is 1.00. The second kappa shape index (κ2) is 9.16. The maximum Gasteiger partial charge on any atom is 0.407 e. The topological polar surface area (TPSA) is 41.6 Å². The molecule has 2 rings (SSSR count). The number of amides is 1. The van der Waals surface area contributed by atoms with Gasteiger partial charge >= 0.3 is 6.09 Å². The van der Waals surface area contributed by atoms with Crippen LogP contribution in [-0.4, -0.2) is 37.2 Å². The molecule has 2 aromatic rings. The summed E-state index contributed by atoms with van der Waals surface area (Å²) in [5.74, 6) is 0. The minimum Gasteiger partial charge on any atom is -0.445 e. The number of nitrogens with zero attached hydrogens (tertiary/aromatic N) is 1. The lowest BCUT2D eigenvalue weighted by molar-refractivity contribution is 0.139. The van der Waals surface area contributed by atoms with Crippen LogP contribution >= 0.6 is 0 Å². The van der Waals surface area contributed by atoms with E-state index in [1.807, 2.05) is 18.2 Å². The van der Waals surface area contributed by atoms with E-state index < -0.39 is 0 Å². The molecular weight excluding hydrogens is 288 g/mol. The number of carbonyl (C=O) groups excluding carboxylic acids is 1. The zero-order valence-corrected chi connectivity index (χ0v) is 14.0. The number of hydrogen-bond donors (Lipinski definition) is 1. The molecule has 0 saturated carbocycles. The van der Waals surface area contributed by atoms with Crippen LogP contribution in [0, 0.1) is 0 Å². The molecule has 23 heavy (non-hydrogen) atoms. The Bertz CT molecular complexity index is 624. The third-order valence-corrected chi connectivity index (χ3v) is 4.00. The highest BCUT2D eigenvalue weighted by atomic mass is 16.5. The second-order valence-corrected chi connectivity index (χ2v) is 5.56. The van der Waals surface area contributed by atoms with Gasteiger partial charge in [0, 0.05) is 6.54 Å². The summed E-state index contributed by atoms with van der Waals surface area (Å²) in [6, 6.07) is 14.3. The fourth-order valence-electron chi connectivity index (χ4n) is 2.56. The van der Waals surface area contributed by atoms with Crippen molar-refractivity contribution in [1.29, 1.82) is 0 Å². The molecule has 4 heteroatoms. The third kappa shape index (κ3) is 5.57. The normalized spacial score (nSPS) is 10.9. The van der Waals surface area contributed by atoms with Crippen LogP contribution in [0.1, 0.15) is 25.8 Å². The minimum atomic E-state index is -0.349. The van der Waals surface area contributed by atoms with Crippen LogP contribution in [0.25, 0.3) is 10.8 Å². The average molecular weight is 314 g/mol. The summed E-state index contributed by atoms with van der Waals surface area (Å²) >= 11 is 0. The zero-order chi connectivity index (χ0) is 16.5. The Hall–Kier alpha value is -2.07. The lowest BCUT2D eigenvalue weighted by Crippen LogP contribution is -2.30. The number of fused-ring (bicyclic) bond motifs is 1. The van der Waals surface area contributed by atoms with Gasteiger partial charge < -0.3 is 15.0 Å². The van der Waals surface area contributed by atoms with Crippen molar-refractivity contribution in [2.45, 2.75) is 26.9 Å². The molecule has 0 spiro atoms. The van der Waals surface area contributed by atoms with Crippen LogP contribution in [0.4, 0.5) is 4.79 Å². The lowest BCUT2D eigenvalue weighted by atomic mass is 10.1. The van der Waals surface area contributed by atoms with Gasteiger partial charge in [-0.1, -0.05) is 50.2 Å². The zero-order valence-electron chi connectivity index (χ0n) is 14.0. The molecular formula is C19H26N2O2. The molecule has 0 atom stereocenters. The SMILES string of the molecule is CCN(CC)CCCNC(=O)OCc1ccc2ccccc2c1. The molecule has 0 radical (unpaired) electrons. The van der Waals surface area contributed by atoms with Crippen LogP contribution in [-0.2, 0) is 11.3 Å². The maximum absolute atomic E-state index is 11.7. The molecule has 1 N–H and O–H groups in total. The van der Waals surface area contributed by atoms with E-state index in [0.717, 1.165) is 37.0 Å². The van der Waals surface area contributed by atoms with Crippen molar-refractivity contribution in [3.05, 3.63) is 48.0 Å². The molecule has 0 aromatic heterocycles. The summed E-state index contributed by atoms with van der Waals surface area (Å²) in [7, 11) is 0. The van der Waals surface area contributed by atoms with Gasteiger partial charge in [0.2, 0.25) is 0 Å². The molecule has 0 saturated heterocycles. The first-order valence-corrected chi connectivity index (χ1v) is 8.33. The summed E-state index contributed by atoms with van der Waals surface area (Å²) in [6.07, 6.45) is 0.588. The standard InChI is InChI=1S/C19H26N2O2/c1-3-21(4-2)13-7-12-20-19(22)23-15-16-10-11-17-8-5-6-9-18(17)14-16/h5-6,8-11,14H,3-4,7,12-13,15H2,1-2H3,(H,20,22). The van der Waals surface area contributed by atoms with Crippen molar-refractivity contribution >= 4 is 16.9 Å². The Morgan fingerprint density at radius 2 is 1.83 bits per heavy atom. The van der Waals surface area contributed by atoms with Crippen LogP contribution in [0.5, 0.6) is 0 Å². The third-order valence-electron chi connectivity index (χ3n) is 4.00. The summed E-state index contributed by atoms with van der Waals surface area (Å²) in [5, 5.41) is 5.16. The van der Waals surface area contributed by atoms with E-state index in [0.29, 0.717) is 13.2 Å². The highest BCUT2D eigenvalue weighted by molar-refractivity contribution is 5.83. The van der Waals surface area contributed by atoms with E-state index >= 15 is 0 Å². The first-order valence-electron chi connectivity index (χ1n) is 8.33. The Labute approximate surface area is 138 Å². The van der Waals surface area contributed by atoms with E-state index in [4.69, 9.17) is 4.74 Å². The Kier molecular flexibility index (Phi) is 6.88. The number of ether oxygens (including phenoxy) is 1. The number of rotatable bonds is 8. The van der Waals surface area contributed by atoms with Crippen LogP contribution in [0.15, 0.2) is 42.5 Å². The van der Waals surface area contributed by atoms with Crippen molar-refractivity contribution in [3.8, 4) is 0 Å². The van der Waals surface area contributed by atoms with E-state index in [1.165, 1.54) is 5.39 Å². The molecule has 0 unspecified atom stereocenters. The number of hydrogen-bond acceptors (Lipinski definition) is 3. The molecule has 1 amide bonds. The highest BCUT2D eigenvalue weighted by Gasteiger charge is 2.04. The summed E-state index contributed by atoms with van der Waals surface area (Å²) in [6.45, 7) is 8.33. The lowest BCUT2D eigenvalue weighted by Gasteiger charge is -2.17. The van der Waals surface area contributed by atoms with Gasteiger partial charge in [0.15, 0.2) is 0 Å². The Balaban J connectivity index is 1.71. The number of carbonyl (C=O) groups is 1. The fourth-order valence-corrected chi connectivity index (χ4v) is 2.56. The monoisotopic (exact) mass is 314 g/mol. The van der Waals surface area contributed by atoms with Crippen LogP contribution < -0.4 is 5.32 Å². The predicted octanol–water partition coefficient (Wildman–Crippen LogP) is 3.80. The van der Waals surface area contributed by atoms with Crippen LogP contribution in [0.2, 0.25) is 0 Å². The molecule has 124 valence electrons. The van der Waals surface area contributed by atoms with Crippen molar-refractivity contribution < 1.29 is 9.53 Å². The molecule has 0 bridgehead atoms. The molecule has 0 heterocycles. The first kappa shape index (κ1) is 17.3.